The van der Waals surface area contributed by atoms with Gasteiger partial charge in [0.1, 0.15) is 5.54 Å². The Morgan fingerprint density at radius 1 is 1.12 bits per heavy atom. The van der Waals surface area contributed by atoms with Crippen LogP contribution in [0.1, 0.15) is 49.4 Å². The lowest BCUT2D eigenvalue weighted by molar-refractivity contribution is -0.149. The lowest BCUT2D eigenvalue weighted by Gasteiger charge is -2.35. The third kappa shape index (κ3) is 3.80. The van der Waals surface area contributed by atoms with Crippen molar-refractivity contribution in [2.24, 2.45) is 0 Å². The highest BCUT2D eigenvalue weighted by molar-refractivity contribution is 5.98. The highest BCUT2D eigenvalue weighted by atomic mass is 16.5. The van der Waals surface area contributed by atoms with Gasteiger partial charge >= 0.3 is 5.97 Å². The third-order valence-electron chi connectivity index (χ3n) is 4.36. The molecular weight excluding hydrogens is 310 g/mol. The normalized spacial score (nSPS) is 16.1. The summed E-state index contributed by atoms with van der Waals surface area (Å²) in [6, 6.07) is 4.98. The lowest BCUT2D eigenvalue weighted by atomic mass is 9.81. The van der Waals surface area contributed by atoms with Gasteiger partial charge in [0.15, 0.2) is 11.5 Å². The average molecular weight is 335 g/mol. The molecule has 1 saturated carbocycles. The molecule has 1 amide bonds. The second-order valence-corrected chi connectivity index (χ2v) is 5.89. The van der Waals surface area contributed by atoms with Crippen LogP contribution in [0.3, 0.4) is 0 Å². The van der Waals surface area contributed by atoms with Crippen molar-refractivity contribution in [2.45, 2.75) is 44.6 Å². The van der Waals surface area contributed by atoms with Gasteiger partial charge in [-0.1, -0.05) is 19.3 Å². The predicted molar refractivity (Wildman–Crippen MR) is 89.5 cm³/mol. The van der Waals surface area contributed by atoms with Gasteiger partial charge in [0.2, 0.25) is 0 Å². The second kappa shape index (κ2) is 8.04. The van der Waals surface area contributed by atoms with Gasteiger partial charge in [-0.25, -0.2) is 4.79 Å². The molecule has 6 heteroatoms. The first-order valence-electron chi connectivity index (χ1n) is 8.28. The van der Waals surface area contributed by atoms with Crippen LogP contribution in [0, 0.1) is 0 Å². The number of nitrogens with one attached hydrogen (secondary N) is 1. The van der Waals surface area contributed by atoms with Crippen LogP contribution in [-0.2, 0) is 9.53 Å². The Hall–Kier alpha value is -2.24. The Morgan fingerprint density at radius 2 is 1.83 bits per heavy atom. The van der Waals surface area contributed by atoms with Gasteiger partial charge in [-0.05, 0) is 38.0 Å². The third-order valence-corrected chi connectivity index (χ3v) is 4.36. The molecule has 0 atom stereocenters. The summed E-state index contributed by atoms with van der Waals surface area (Å²) in [5.41, 5.74) is -0.514. The quantitative estimate of drug-likeness (QED) is 0.809. The van der Waals surface area contributed by atoms with E-state index in [-0.39, 0.29) is 11.9 Å². The maximum atomic E-state index is 12.7. The zero-order chi connectivity index (χ0) is 17.6. The maximum absolute atomic E-state index is 12.7. The molecule has 0 aliphatic heterocycles. The monoisotopic (exact) mass is 335 g/mol. The highest BCUT2D eigenvalue weighted by Gasteiger charge is 2.42. The number of rotatable bonds is 6. The summed E-state index contributed by atoms with van der Waals surface area (Å²) >= 11 is 0. The van der Waals surface area contributed by atoms with Crippen molar-refractivity contribution in [1.82, 2.24) is 5.32 Å². The first-order chi connectivity index (χ1) is 11.6. The van der Waals surface area contributed by atoms with Crippen LogP contribution in [0.2, 0.25) is 0 Å². The van der Waals surface area contributed by atoms with Crippen LogP contribution < -0.4 is 14.8 Å². The largest absolute Gasteiger partial charge is 0.493 e. The fourth-order valence-corrected chi connectivity index (χ4v) is 3.10. The van der Waals surface area contributed by atoms with E-state index < -0.39 is 5.54 Å². The fourth-order valence-electron chi connectivity index (χ4n) is 3.10. The summed E-state index contributed by atoms with van der Waals surface area (Å²) in [5.74, 6) is 0.370. The van der Waals surface area contributed by atoms with Gasteiger partial charge in [0.05, 0.1) is 20.8 Å². The number of amides is 1. The Bertz CT molecular complexity index is 593. The zero-order valence-electron chi connectivity index (χ0n) is 14.5. The molecule has 0 saturated heterocycles. The molecule has 0 bridgehead atoms. The average Bonchev–Trinajstić information content (AvgIpc) is 2.62. The SMILES string of the molecule is CCOc1ccc(C(=O)NC2(C(=O)OC)CCCCC2)cc1OC. The first kappa shape index (κ1) is 18.1. The number of ether oxygens (including phenoxy) is 3. The van der Waals surface area contributed by atoms with E-state index in [9.17, 15) is 9.59 Å². The standard InChI is InChI=1S/C18H25NO5/c1-4-24-14-9-8-13(12-15(14)22-2)16(20)19-18(17(21)23-3)10-6-5-7-11-18/h8-9,12H,4-7,10-11H2,1-3H3,(H,19,20). The number of carbonyl (C=O) groups is 2. The van der Waals surface area contributed by atoms with Crippen molar-refractivity contribution in [3.63, 3.8) is 0 Å². The molecule has 6 nitrogen and oxygen atoms in total. The summed E-state index contributed by atoms with van der Waals surface area (Å²) in [7, 11) is 2.88. The van der Waals surface area contributed by atoms with E-state index in [1.807, 2.05) is 6.92 Å². The molecule has 0 aromatic heterocycles. The van der Waals surface area contributed by atoms with Crippen molar-refractivity contribution in [3.05, 3.63) is 23.8 Å². The molecule has 1 aliphatic rings. The number of carbonyl (C=O) groups excluding carboxylic acids is 2. The van der Waals surface area contributed by atoms with Crippen LogP contribution >= 0.6 is 0 Å². The molecule has 0 radical (unpaired) electrons. The Kier molecular flexibility index (Phi) is 6.06. The van der Waals surface area contributed by atoms with E-state index in [4.69, 9.17) is 14.2 Å². The molecule has 2 rings (SSSR count). The van der Waals surface area contributed by atoms with Gasteiger partial charge in [0.25, 0.3) is 5.91 Å². The number of hydrogen-bond acceptors (Lipinski definition) is 5. The predicted octanol–water partition coefficient (Wildman–Crippen LogP) is 2.70. The van der Waals surface area contributed by atoms with Gasteiger partial charge in [-0.15, -0.1) is 0 Å². The summed E-state index contributed by atoms with van der Waals surface area (Å²) in [5, 5.41) is 2.89. The van der Waals surface area contributed by atoms with Crippen molar-refractivity contribution in [2.75, 3.05) is 20.8 Å². The van der Waals surface area contributed by atoms with Crippen molar-refractivity contribution < 1.29 is 23.8 Å². The van der Waals surface area contributed by atoms with Crippen LogP contribution in [0.4, 0.5) is 0 Å². The molecule has 1 aromatic carbocycles. The Balaban J connectivity index is 2.22. The molecule has 0 spiro atoms. The molecule has 1 aliphatic carbocycles. The van der Waals surface area contributed by atoms with Crippen LogP contribution in [0.15, 0.2) is 18.2 Å². The topological polar surface area (TPSA) is 73.9 Å². The molecular formula is C18H25NO5. The number of hydrogen-bond donors (Lipinski definition) is 1. The molecule has 1 aromatic rings. The summed E-state index contributed by atoms with van der Waals surface area (Å²) in [4.78, 5) is 24.9. The summed E-state index contributed by atoms with van der Waals surface area (Å²) < 4.78 is 15.7. The Labute approximate surface area is 142 Å². The van der Waals surface area contributed by atoms with E-state index >= 15 is 0 Å². The van der Waals surface area contributed by atoms with Crippen LogP contribution in [-0.4, -0.2) is 38.2 Å². The van der Waals surface area contributed by atoms with Gasteiger partial charge in [-0.3, -0.25) is 4.79 Å². The van der Waals surface area contributed by atoms with Crippen LogP contribution in [0.25, 0.3) is 0 Å². The van der Waals surface area contributed by atoms with E-state index in [0.717, 1.165) is 19.3 Å². The number of benzene rings is 1. The summed E-state index contributed by atoms with van der Waals surface area (Å²) in [6.45, 7) is 2.39. The van der Waals surface area contributed by atoms with Crippen LogP contribution in [0.5, 0.6) is 11.5 Å². The molecule has 0 unspecified atom stereocenters. The maximum Gasteiger partial charge on any atom is 0.331 e. The summed E-state index contributed by atoms with van der Waals surface area (Å²) in [6.07, 6.45) is 4.04. The fraction of sp³-hybridized carbons (Fsp3) is 0.556. The Morgan fingerprint density at radius 3 is 2.42 bits per heavy atom. The van der Waals surface area contributed by atoms with Crippen molar-refractivity contribution in [3.8, 4) is 11.5 Å². The molecule has 1 N–H and O–H groups in total. The highest BCUT2D eigenvalue weighted by Crippen LogP contribution is 2.31. The van der Waals surface area contributed by atoms with E-state index in [1.165, 1.54) is 14.2 Å². The van der Waals surface area contributed by atoms with Gasteiger partial charge in [-0.2, -0.15) is 0 Å². The second-order valence-electron chi connectivity index (χ2n) is 5.89. The van der Waals surface area contributed by atoms with Gasteiger partial charge in [0, 0.05) is 5.56 Å². The van der Waals surface area contributed by atoms with E-state index in [2.05, 4.69) is 5.32 Å². The van der Waals surface area contributed by atoms with Gasteiger partial charge < -0.3 is 19.5 Å². The minimum Gasteiger partial charge on any atom is -0.493 e. The smallest absolute Gasteiger partial charge is 0.331 e. The van der Waals surface area contributed by atoms with E-state index in [0.29, 0.717) is 36.5 Å². The zero-order valence-corrected chi connectivity index (χ0v) is 14.5. The first-order valence-corrected chi connectivity index (χ1v) is 8.28. The minimum atomic E-state index is -0.935. The molecule has 132 valence electrons. The molecule has 0 heterocycles. The molecule has 1 fully saturated rings. The number of esters is 1. The minimum absolute atomic E-state index is 0.316. The number of methoxy groups -OCH3 is 2. The van der Waals surface area contributed by atoms with E-state index in [1.54, 1.807) is 18.2 Å². The lowest BCUT2D eigenvalue weighted by Crippen LogP contribution is -2.56. The molecule has 24 heavy (non-hydrogen) atoms. The van der Waals surface area contributed by atoms with Crippen molar-refractivity contribution >= 4 is 11.9 Å². The van der Waals surface area contributed by atoms with Crippen molar-refractivity contribution in [1.29, 1.82) is 0 Å².